The molecule has 1 aromatic carbocycles. The molecule has 0 aliphatic heterocycles. The highest BCUT2D eigenvalue weighted by Gasteiger charge is 2.20. The molecule has 110 valence electrons. The number of carbonyl (C=O) groups is 2. The lowest BCUT2D eigenvalue weighted by Gasteiger charge is -2.17. The lowest BCUT2D eigenvalue weighted by Crippen LogP contribution is -2.28. The molecule has 1 amide bonds. The van der Waals surface area contributed by atoms with Crippen molar-refractivity contribution in [3.63, 3.8) is 0 Å². The highest BCUT2D eigenvalue weighted by Crippen LogP contribution is 2.20. The number of nitrogens with zero attached hydrogens (tertiary/aromatic N) is 1. The standard InChI is InChI=1S/C14H19FN2O3/c1-4-6-17(3)13(18)9-7-10(14(19)20-5-2)12(15)11(16)8-9/h7-8H,4-6,16H2,1-3H3. The van der Waals surface area contributed by atoms with Crippen LogP contribution in [0.3, 0.4) is 0 Å². The molecule has 0 aliphatic carbocycles. The van der Waals surface area contributed by atoms with E-state index in [1.807, 2.05) is 6.92 Å². The number of esters is 1. The van der Waals surface area contributed by atoms with Crippen LogP contribution in [0.25, 0.3) is 0 Å². The molecule has 0 aromatic heterocycles. The van der Waals surface area contributed by atoms with Crippen molar-refractivity contribution in [3.8, 4) is 0 Å². The first-order chi connectivity index (χ1) is 9.42. The van der Waals surface area contributed by atoms with Crippen molar-refractivity contribution >= 4 is 17.6 Å². The Bertz CT molecular complexity index is 517. The minimum Gasteiger partial charge on any atom is -0.462 e. The molecule has 0 aliphatic rings. The molecule has 2 N–H and O–H groups in total. The van der Waals surface area contributed by atoms with Crippen molar-refractivity contribution in [1.82, 2.24) is 4.90 Å². The molecule has 0 saturated carbocycles. The minimum absolute atomic E-state index is 0.117. The fourth-order valence-electron chi connectivity index (χ4n) is 1.79. The van der Waals surface area contributed by atoms with Crippen LogP contribution < -0.4 is 5.73 Å². The maximum Gasteiger partial charge on any atom is 0.341 e. The molecule has 1 rings (SSSR count). The van der Waals surface area contributed by atoms with Gasteiger partial charge in [0.1, 0.15) is 0 Å². The number of ether oxygens (including phenoxy) is 1. The fourth-order valence-corrected chi connectivity index (χ4v) is 1.79. The fraction of sp³-hybridized carbons (Fsp3) is 0.429. The third-order valence-corrected chi connectivity index (χ3v) is 2.75. The number of rotatable bonds is 5. The summed E-state index contributed by atoms with van der Waals surface area (Å²) in [5.41, 5.74) is 5.12. The maximum absolute atomic E-state index is 13.8. The number of anilines is 1. The van der Waals surface area contributed by atoms with E-state index >= 15 is 0 Å². The van der Waals surface area contributed by atoms with Crippen molar-refractivity contribution in [2.45, 2.75) is 20.3 Å². The van der Waals surface area contributed by atoms with Gasteiger partial charge >= 0.3 is 5.97 Å². The van der Waals surface area contributed by atoms with Gasteiger partial charge in [-0.2, -0.15) is 0 Å². The third kappa shape index (κ3) is 3.46. The highest BCUT2D eigenvalue weighted by atomic mass is 19.1. The molecule has 0 atom stereocenters. The number of amides is 1. The van der Waals surface area contributed by atoms with Crippen LogP contribution in [0.5, 0.6) is 0 Å². The zero-order valence-electron chi connectivity index (χ0n) is 11.9. The molecule has 0 spiro atoms. The first-order valence-corrected chi connectivity index (χ1v) is 6.43. The lowest BCUT2D eigenvalue weighted by atomic mass is 10.1. The normalized spacial score (nSPS) is 10.2. The van der Waals surface area contributed by atoms with Gasteiger partial charge in [0.05, 0.1) is 17.9 Å². The Kier molecular flexibility index (Phi) is 5.49. The van der Waals surface area contributed by atoms with E-state index in [-0.39, 0.29) is 29.3 Å². The topological polar surface area (TPSA) is 72.6 Å². The van der Waals surface area contributed by atoms with Crippen molar-refractivity contribution in [2.24, 2.45) is 0 Å². The van der Waals surface area contributed by atoms with E-state index in [1.54, 1.807) is 14.0 Å². The second kappa shape index (κ2) is 6.88. The van der Waals surface area contributed by atoms with Gasteiger partial charge in [0, 0.05) is 19.2 Å². The highest BCUT2D eigenvalue weighted by molar-refractivity contribution is 5.99. The molecule has 5 nitrogen and oxygen atoms in total. The molecule has 0 heterocycles. The maximum atomic E-state index is 13.8. The first kappa shape index (κ1) is 15.9. The number of nitrogens with two attached hydrogens (primary N) is 1. The van der Waals surface area contributed by atoms with Crippen molar-refractivity contribution in [2.75, 3.05) is 25.9 Å². The molecular weight excluding hydrogens is 263 g/mol. The Hall–Kier alpha value is -2.11. The largest absolute Gasteiger partial charge is 0.462 e. The van der Waals surface area contributed by atoms with Crippen molar-refractivity contribution < 1.29 is 18.7 Å². The Labute approximate surface area is 117 Å². The van der Waals surface area contributed by atoms with E-state index < -0.39 is 11.8 Å². The summed E-state index contributed by atoms with van der Waals surface area (Å²) in [4.78, 5) is 25.3. The zero-order valence-corrected chi connectivity index (χ0v) is 11.9. The summed E-state index contributed by atoms with van der Waals surface area (Å²) in [6, 6.07) is 2.41. The summed E-state index contributed by atoms with van der Waals surface area (Å²) in [6.07, 6.45) is 0.795. The van der Waals surface area contributed by atoms with E-state index in [4.69, 9.17) is 10.5 Å². The third-order valence-electron chi connectivity index (χ3n) is 2.75. The van der Waals surface area contributed by atoms with Crippen LogP contribution in [-0.4, -0.2) is 37.0 Å². The van der Waals surface area contributed by atoms with E-state index in [1.165, 1.54) is 17.0 Å². The van der Waals surface area contributed by atoms with Crippen LogP contribution >= 0.6 is 0 Å². The monoisotopic (exact) mass is 282 g/mol. The summed E-state index contributed by atoms with van der Waals surface area (Å²) in [7, 11) is 1.63. The van der Waals surface area contributed by atoms with Crippen LogP contribution in [0.1, 0.15) is 41.0 Å². The van der Waals surface area contributed by atoms with Crippen LogP contribution in [0, 0.1) is 5.82 Å². The molecule has 0 bridgehead atoms. The quantitative estimate of drug-likeness (QED) is 0.663. The zero-order chi connectivity index (χ0) is 15.3. The van der Waals surface area contributed by atoms with Crippen molar-refractivity contribution in [1.29, 1.82) is 0 Å². The summed E-state index contributed by atoms with van der Waals surface area (Å²) in [5.74, 6) is -2.01. The second-order valence-electron chi connectivity index (χ2n) is 4.37. The van der Waals surface area contributed by atoms with Crippen LogP contribution in [0.15, 0.2) is 12.1 Å². The molecule has 6 heteroatoms. The summed E-state index contributed by atoms with van der Waals surface area (Å²) in [6.45, 7) is 4.23. The van der Waals surface area contributed by atoms with Gasteiger partial charge in [-0.3, -0.25) is 4.79 Å². The second-order valence-corrected chi connectivity index (χ2v) is 4.37. The van der Waals surface area contributed by atoms with E-state index in [2.05, 4.69) is 0 Å². The Morgan fingerprint density at radius 1 is 1.35 bits per heavy atom. The number of nitrogen functional groups attached to an aromatic ring is 1. The average molecular weight is 282 g/mol. The molecule has 20 heavy (non-hydrogen) atoms. The van der Waals surface area contributed by atoms with Crippen LogP contribution in [-0.2, 0) is 4.74 Å². The number of hydrogen-bond acceptors (Lipinski definition) is 4. The lowest BCUT2D eigenvalue weighted by molar-refractivity contribution is 0.0521. The molecule has 0 unspecified atom stereocenters. The predicted molar refractivity (Wildman–Crippen MR) is 74.0 cm³/mol. The molecule has 0 fully saturated rings. The van der Waals surface area contributed by atoms with E-state index in [0.717, 1.165) is 6.42 Å². The van der Waals surface area contributed by atoms with Gasteiger partial charge < -0.3 is 15.4 Å². The molecule has 0 radical (unpaired) electrons. The number of hydrogen-bond donors (Lipinski definition) is 1. The minimum atomic E-state index is -0.863. The van der Waals surface area contributed by atoms with E-state index in [9.17, 15) is 14.0 Å². The summed E-state index contributed by atoms with van der Waals surface area (Å²) < 4.78 is 18.6. The molecular formula is C14H19FN2O3. The van der Waals surface area contributed by atoms with Gasteiger partial charge in [-0.15, -0.1) is 0 Å². The number of carbonyl (C=O) groups excluding carboxylic acids is 2. The molecule has 0 saturated heterocycles. The van der Waals surface area contributed by atoms with Gasteiger partial charge in [-0.25, -0.2) is 9.18 Å². The van der Waals surface area contributed by atoms with Crippen LogP contribution in [0.4, 0.5) is 10.1 Å². The molecule has 1 aromatic rings. The Balaban J connectivity index is 3.17. The van der Waals surface area contributed by atoms with Gasteiger partial charge in [0.25, 0.3) is 5.91 Å². The van der Waals surface area contributed by atoms with Crippen molar-refractivity contribution in [3.05, 3.63) is 29.1 Å². The van der Waals surface area contributed by atoms with Gasteiger partial charge in [0.2, 0.25) is 0 Å². The first-order valence-electron chi connectivity index (χ1n) is 6.43. The SMILES string of the molecule is CCCN(C)C(=O)c1cc(N)c(F)c(C(=O)OCC)c1. The van der Waals surface area contributed by atoms with Crippen LogP contribution in [0.2, 0.25) is 0 Å². The summed E-state index contributed by atoms with van der Waals surface area (Å²) >= 11 is 0. The van der Waals surface area contributed by atoms with Gasteiger partial charge in [0.15, 0.2) is 5.82 Å². The Morgan fingerprint density at radius 2 is 2.00 bits per heavy atom. The van der Waals surface area contributed by atoms with E-state index in [0.29, 0.717) is 6.54 Å². The number of benzene rings is 1. The predicted octanol–water partition coefficient (Wildman–Crippen LogP) is 2.07. The smallest absolute Gasteiger partial charge is 0.341 e. The Morgan fingerprint density at radius 3 is 2.55 bits per heavy atom. The van der Waals surface area contributed by atoms with Gasteiger partial charge in [-0.05, 0) is 25.5 Å². The number of halogens is 1. The summed E-state index contributed by atoms with van der Waals surface area (Å²) in [5, 5.41) is 0. The van der Waals surface area contributed by atoms with Gasteiger partial charge in [-0.1, -0.05) is 6.92 Å². The average Bonchev–Trinajstić information content (AvgIpc) is 2.41.